The van der Waals surface area contributed by atoms with Gasteiger partial charge in [-0.25, -0.2) is 9.59 Å². The van der Waals surface area contributed by atoms with Crippen LogP contribution in [0.2, 0.25) is 0 Å². The van der Waals surface area contributed by atoms with Crippen molar-refractivity contribution < 1.29 is 33.8 Å². The number of carboxylic acid groups (broad SMARTS) is 1. The first-order valence-electron chi connectivity index (χ1n) is 15.0. The number of carbonyl (C=O) groups is 4. The van der Waals surface area contributed by atoms with Crippen LogP contribution in [0, 0.1) is 5.92 Å². The molecule has 0 bridgehead atoms. The van der Waals surface area contributed by atoms with Gasteiger partial charge in [0.05, 0.1) is 25.6 Å². The summed E-state index contributed by atoms with van der Waals surface area (Å²) in [6, 6.07) is 9.59. The van der Waals surface area contributed by atoms with Crippen LogP contribution in [0.1, 0.15) is 67.8 Å². The van der Waals surface area contributed by atoms with Crippen molar-refractivity contribution in [1.82, 2.24) is 20.9 Å². The average molecular weight is 657 g/mol. The average Bonchev–Trinajstić information content (AvgIpc) is 3.80. The first kappa shape index (κ1) is 33.8. The van der Waals surface area contributed by atoms with Crippen LogP contribution in [0.3, 0.4) is 0 Å². The maximum atomic E-state index is 14.0. The molecule has 0 saturated carbocycles. The normalized spacial score (nSPS) is 14.0. The molecule has 2 aromatic heterocycles. The van der Waals surface area contributed by atoms with E-state index in [4.69, 9.17) is 9.47 Å². The molecular weight excluding hydrogens is 617 g/mol. The Hall–Kier alpha value is -4.10. The fourth-order valence-electron chi connectivity index (χ4n) is 4.95. The van der Waals surface area contributed by atoms with Crippen LogP contribution in [0.15, 0.2) is 53.2 Å². The van der Waals surface area contributed by atoms with E-state index < -0.39 is 36.0 Å². The molecule has 1 aromatic carbocycles. The molecular formula is C32H40N4O7S2. The van der Waals surface area contributed by atoms with Gasteiger partial charge >= 0.3 is 12.0 Å². The van der Waals surface area contributed by atoms with Crippen LogP contribution < -0.4 is 25.4 Å². The van der Waals surface area contributed by atoms with Crippen molar-refractivity contribution in [2.75, 3.05) is 6.79 Å². The number of carbonyl (C=O) groups excluding carboxylic acids is 3. The predicted octanol–water partition coefficient (Wildman–Crippen LogP) is 5.28. The van der Waals surface area contributed by atoms with E-state index in [2.05, 4.69) is 16.0 Å². The second-order valence-corrected chi connectivity index (χ2v) is 13.2. The minimum Gasteiger partial charge on any atom is -0.480 e. The van der Waals surface area contributed by atoms with Gasteiger partial charge in [-0.1, -0.05) is 51.8 Å². The van der Waals surface area contributed by atoms with Gasteiger partial charge in [-0.15, -0.1) is 22.7 Å². The van der Waals surface area contributed by atoms with E-state index in [1.807, 2.05) is 41.9 Å². The molecule has 0 spiro atoms. The van der Waals surface area contributed by atoms with Gasteiger partial charge in [0, 0.05) is 9.75 Å². The molecule has 0 saturated heterocycles. The van der Waals surface area contributed by atoms with Crippen LogP contribution in [0.4, 0.5) is 4.79 Å². The van der Waals surface area contributed by atoms with Crippen LogP contribution in [0.5, 0.6) is 11.5 Å². The number of hydrogen-bond acceptors (Lipinski definition) is 8. The number of carboxylic acids is 1. The Morgan fingerprint density at radius 2 is 1.60 bits per heavy atom. The summed E-state index contributed by atoms with van der Waals surface area (Å²) >= 11 is 3.14. The van der Waals surface area contributed by atoms with Gasteiger partial charge in [-0.05, 0) is 52.9 Å². The van der Waals surface area contributed by atoms with Gasteiger partial charge in [-0.2, -0.15) is 0 Å². The lowest BCUT2D eigenvalue weighted by Crippen LogP contribution is -2.52. The van der Waals surface area contributed by atoms with Gasteiger partial charge in [-0.3, -0.25) is 9.59 Å². The SMILES string of the molecule is CCCC[C@H](NC(=O)N[C@@H](CC(=O)N[C@H](C(=O)O)C(C)C)c1ccc2c(c1)OCO2)C(=O)N(Cc1cccs1)Cc1cccs1. The number of aliphatic carboxylic acids is 1. The molecule has 45 heavy (non-hydrogen) atoms. The highest BCUT2D eigenvalue weighted by molar-refractivity contribution is 7.10. The summed E-state index contributed by atoms with van der Waals surface area (Å²) in [5, 5.41) is 21.8. The highest BCUT2D eigenvalue weighted by atomic mass is 32.1. The second-order valence-electron chi connectivity index (χ2n) is 11.2. The number of unbranched alkanes of at least 4 members (excludes halogenated alkanes) is 1. The predicted molar refractivity (Wildman–Crippen MR) is 172 cm³/mol. The van der Waals surface area contributed by atoms with E-state index in [1.54, 1.807) is 59.6 Å². The molecule has 0 fully saturated rings. The number of fused-ring (bicyclic) bond motifs is 1. The number of thiophene rings is 2. The van der Waals surface area contributed by atoms with Crippen LogP contribution in [-0.4, -0.2) is 52.7 Å². The van der Waals surface area contributed by atoms with Gasteiger partial charge in [0.2, 0.25) is 18.6 Å². The zero-order valence-corrected chi connectivity index (χ0v) is 27.2. The molecule has 242 valence electrons. The van der Waals surface area contributed by atoms with Crippen molar-refractivity contribution in [1.29, 1.82) is 0 Å². The number of amides is 4. The van der Waals surface area contributed by atoms with Gasteiger partial charge in [0.25, 0.3) is 0 Å². The quantitative estimate of drug-likeness (QED) is 0.164. The summed E-state index contributed by atoms with van der Waals surface area (Å²) in [6.07, 6.45) is 1.77. The third-order valence-electron chi connectivity index (χ3n) is 7.36. The van der Waals surface area contributed by atoms with Gasteiger partial charge in [0.15, 0.2) is 11.5 Å². The number of nitrogens with one attached hydrogen (secondary N) is 3. The van der Waals surface area contributed by atoms with Crippen molar-refractivity contribution >= 4 is 46.5 Å². The fraction of sp³-hybridized carbons (Fsp3) is 0.438. The largest absolute Gasteiger partial charge is 0.480 e. The maximum absolute atomic E-state index is 14.0. The number of hydrogen-bond donors (Lipinski definition) is 4. The van der Waals surface area contributed by atoms with E-state index in [-0.39, 0.29) is 25.0 Å². The first-order valence-corrected chi connectivity index (χ1v) is 16.7. The van der Waals surface area contributed by atoms with Crippen molar-refractivity contribution in [2.24, 2.45) is 5.92 Å². The standard InChI is InChI=1S/C32H40N4O7S2/c1-4-5-10-24(30(38)36(17-22-8-6-13-44-22)18-23-9-7-14-45-23)33-32(41)34-25(16-28(37)35-29(20(2)3)31(39)40)21-11-12-26-27(15-21)43-19-42-26/h6-9,11-15,20,24-25,29H,4-5,10,16-19H2,1-3H3,(H,35,37)(H,39,40)(H2,33,34,41)/t24-,25-,29-/m0/s1. The fourth-order valence-corrected chi connectivity index (χ4v) is 6.39. The van der Waals surface area contributed by atoms with Crippen molar-refractivity contribution in [3.8, 4) is 11.5 Å². The molecule has 3 heterocycles. The molecule has 3 atom stereocenters. The molecule has 4 rings (SSSR count). The molecule has 0 unspecified atom stereocenters. The molecule has 0 aliphatic carbocycles. The molecule has 1 aliphatic rings. The summed E-state index contributed by atoms with van der Waals surface area (Å²) in [5.41, 5.74) is 0.564. The Balaban J connectivity index is 1.53. The third-order valence-corrected chi connectivity index (χ3v) is 9.08. The lowest BCUT2D eigenvalue weighted by atomic mass is 10.0. The van der Waals surface area contributed by atoms with Crippen molar-refractivity contribution in [2.45, 2.75) is 77.7 Å². The summed E-state index contributed by atoms with van der Waals surface area (Å²) < 4.78 is 10.9. The molecule has 4 amide bonds. The molecule has 4 N–H and O–H groups in total. The van der Waals surface area contributed by atoms with Gasteiger partial charge < -0.3 is 35.4 Å². The first-order chi connectivity index (χ1) is 21.6. The van der Waals surface area contributed by atoms with E-state index >= 15 is 0 Å². The summed E-state index contributed by atoms with van der Waals surface area (Å²) in [7, 11) is 0. The highest BCUT2D eigenvalue weighted by Gasteiger charge is 2.30. The maximum Gasteiger partial charge on any atom is 0.326 e. The topological polar surface area (TPSA) is 146 Å². The number of ether oxygens (including phenoxy) is 2. The van der Waals surface area contributed by atoms with E-state index in [0.29, 0.717) is 36.6 Å². The summed E-state index contributed by atoms with van der Waals surface area (Å²) in [4.78, 5) is 56.1. The Bertz CT molecular complexity index is 1390. The third kappa shape index (κ3) is 9.69. The monoisotopic (exact) mass is 656 g/mol. The smallest absolute Gasteiger partial charge is 0.326 e. The van der Waals surface area contributed by atoms with Crippen molar-refractivity contribution in [3.63, 3.8) is 0 Å². The Morgan fingerprint density at radius 1 is 0.933 bits per heavy atom. The zero-order chi connectivity index (χ0) is 32.3. The van der Waals surface area contributed by atoms with Crippen LogP contribution in [-0.2, 0) is 27.5 Å². The minimum atomic E-state index is -1.14. The minimum absolute atomic E-state index is 0.0567. The van der Waals surface area contributed by atoms with E-state index in [0.717, 1.165) is 22.6 Å². The van der Waals surface area contributed by atoms with Crippen molar-refractivity contribution in [3.05, 3.63) is 68.5 Å². The zero-order valence-electron chi connectivity index (χ0n) is 25.6. The van der Waals surface area contributed by atoms with E-state index in [9.17, 15) is 24.3 Å². The Kier molecular flexibility index (Phi) is 12.2. The highest BCUT2D eigenvalue weighted by Crippen LogP contribution is 2.35. The van der Waals surface area contributed by atoms with Gasteiger partial charge in [0.1, 0.15) is 12.1 Å². The molecule has 1 aliphatic heterocycles. The molecule has 3 aromatic rings. The van der Waals surface area contributed by atoms with Crippen LogP contribution >= 0.6 is 22.7 Å². The van der Waals surface area contributed by atoms with Crippen LogP contribution in [0.25, 0.3) is 0 Å². The Morgan fingerprint density at radius 3 is 2.18 bits per heavy atom. The Labute approximate surface area is 270 Å². The second kappa shape index (κ2) is 16.3. The number of benzene rings is 1. The molecule has 11 nitrogen and oxygen atoms in total. The molecule has 0 radical (unpaired) electrons. The number of nitrogens with zero attached hydrogens (tertiary/aromatic N) is 1. The molecule has 13 heteroatoms. The number of rotatable bonds is 16. The summed E-state index contributed by atoms with van der Waals surface area (Å²) in [6.45, 7) is 6.32. The lowest BCUT2D eigenvalue weighted by Gasteiger charge is -2.28. The summed E-state index contributed by atoms with van der Waals surface area (Å²) in [5.74, 6) is -1.22. The van der Waals surface area contributed by atoms with E-state index in [1.165, 1.54) is 0 Å². The lowest BCUT2D eigenvalue weighted by molar-refractivity contribution is -0.143. The number of urea groups is 1.